The third-order valence-electron chi connectivity index (χ3n) is 1.84. The predicted octanol–water partition coefficient (Wildman–Crippen LogP) is 1.69. The minimum atomic E-state index is -4.71. The van der Waals surface area contributed by atoms with Gasteiger partial charge in [-0.1, -0.05) is 0 Å². The molecule has 88 valence electrons. The van der Waals surface area contributed by atoms with Crippen LogP contribution < -0.4 is 0 Å². The minimum absolute atomic E-state index is 0.526. The number of aromatic carboxylic acids is 1. The quantitative estimate of drug-likeness (QED) is 0.746. The first-order chi connectivity index (χ1) is 7.23. The maximum atomic E-state index is 13.1. The molecule has 1 rings (SSSR count). The van der Waals surface area contributed by atoms with E-state index >= 15 is 0 Å². The number of rotatable bonds is 3. The van der Waals surface area contributed by atoms with E-state index in [4.69, 9.17) is 15.3 Å². The van der Waals surface area contributed by atoms with Crippen LogP contribution in [0, 0.1) is 0 Å². The highest BCUT2D eigenvalue weighted by atomic mass is 19.3. The summed E-state index contributed by atoms with van der Waals surface area (Å²) in [6, 6.07) is 2.21. The zero-order valence-corrected chi connectivity index (χ0v) is 7.69. The van der Waals surface area contributed by atoms with E-state index in [-0.39, 0.29) is 0 Å². The van der Waals surface area contributed by atoms with Gasteiger partial charge in [-0.05, 0) is 18.2 Å². The van der Waals surface area contributed by atoms with Gasteiger partial charge in [-0.25, -0.2) is 9.18 Å². The van der Waals surface area contributed by atoms with E-state index in [9.17, 15) is 18.0 Å². The van der Waals surface area contributed by atoms with Crippen molar-refractivity contribution in [3.05, 3.63) is 29.3 Å². The van der Waals surface area contributed by atoms with Crippen molar-refractivity contribution in [2.75, 3.05) is 0 Å². The van der Waals surface area contributed by atoms with Gasteiger partial charge in [0, 0.05) is 5.56 Å². The van der Waals surface area contributed by atoms with Crippen molar-refractivity contribution in [2.24, 2.45) is 0 Å². The molecule has 0 heterocycles. The Balaban J connectivity index is 3.30. The van der Waals surface area contributed by atoms with E-state index in [2.05, 4.69) is 0 Å². The summed E-state index contributed by atoms with van der Waals surface area (Å²) in [4.78, 5) is 10.6. The SMILES string of the molecule is O=C(O)c1ccc(O)cc1C(F)C(O)(F)F. The highest BCUT2D eigenvalue weighted by Gasteiger charge is 2.41. The van der Waals surface area contributed by atoms with Gasteiger partial charge in [0.1, 0.15) is 5.75 Å². The number of phenolic OH excluding ortho intramolecular Hbond substituents is 1. The van der Waals surface area contributed by atoms with Crippen LogP contribution in [-0.2, 0) is 0 Å². The van der Waals surface area contributed by atoms with Crippen LogP contribution in [-0.4, -0.2) is 27.4 Å². The fraction of sp³-hybridized carbons (Fsp3) is 0.222. The summed E-state index contributed by atoms with van der Waals surface area (Å²) in [5, 5.41) is 25.7. The molecule has 0 spiro atoms. The third-order valence-corrected chi connectivity index (χ3v) is 1.84. The molecule has 0 fully saturated rings. The first-order valence-corrected chi connectivity index (χ1v) is 4.04. The highest BCUT2D eigenvalue weighted by Crippen LogP contribution is 2.35. The molecule has 3 N–H and O–H groups in total. The van der Waals surface area contributed by atoms with Crippen LogP contribution in [0.25, 0.3) is 0 Å². The third kappa shape index (κ3) is 2.43. The maximum absolute atomic E-state index is 13.1. The van der Waals surface area contributed by atoms with Crippen LogP contribution in [0.5, 0.6) is 5.75 Å². The van der Waals surface area contributed by atoms with Crippen LogP contribution in [0.2, 0.25) is 0 Å². The lowest BCUT2D eigenvalue weighted by atomic mass is 10.0. The summed E-state index contributed by atoms with van der Waals surface area (Å²) in [6.45, 7) is 0. The molecule has 16 heavy (non-hydrogen) atoms. The Hall–Kier alpha value is -1.76. The van der Waals surface area contributed by atoms with Crippen molar-refractivity contribution in [1.29, 1.82) is 0 Å². The van der Waals surface area contributed by atoms with E-state index in [1.807, 2.05) is 0 Å². The molecule has 7 heteroatoms. The van der Waals surface area contributed by atoms with Gasteiger partial charge in [-0.15, -0.1) is 0 Å². The number of hydrogen-bond acceptors (Lipinski definition) is 3. The molecule has 4 nitrogen and oxygen atoms in total. The van der Waals surface area contributed by atoms with Crippen molar-refractivity contribution in [3.8, 4) is 5.75 Å². The van der Waals surface area contributed by atoms with Gasteiger partial charge in [0.05, 0.1) is 5.56 Å². The smallest absolute Gasteiger partial charge is 0.388 e. The lowest BCUT2D eigenvalue weighted by molar-refractivity contribution is -0.243. The van der Waals surface area contributed by atoms with E-state index < -0.39 is 35.1 Å². The number of aromatic hydroxyl groups is 1. The second kappa shape index (κ2) is 4.01. The number of halogens is 3. The molecule has 0 radical (unpaired) electrons. The van der Waals surface area contributed by atoms with Gasteiger partial charge in [0.15, 0.2) is 0 Å². The number of carbonyl (C=O) groups is 1. The summed E-state index contributed by atoms with van der Waals surface area (Å²) in [7, 11) is 0. The van der Waals surface area contributed by atoms with Crippen LogP contribution in [0.4, 0.5) is 13.2 Å². The maximum Gasteiger partial charge on any atom is 0.388 e. The molecule has 0 saturated heterocycles. The van der Waals surface area contributed by atoms with E-state index in [1.54, 1.807) is 0 Å². The van der Waals surface area contributed by atoms with Crippen molar-refractivity contribution in [1.82, 2.24) is 0 Å². The molecule has 1 unspecified atom stereocenters. The fourth-order valence-electron chi connectivity index (χ4n) is 1.14. The van der Waals surface area contributed by atoms with Crippen molar-refractivity contribution in [3.63, 3.8) is 0 Å². The predicted molar refractivity (Wildman–Crippen MR) is 46.1 cm³/mol. The van der Waals surface area contributed by atoms with E-state index in [0.29, 0.717) is 6.07 Å². The largest absolute Gasteiger partial charge is 0.508 e. The number of hydrogen-bond donors (Lipinski definition) is 3. The number of carboxylic acids is 1. The van der Waals surface area contributed by atoms with Crippen molar-refractivity contribution in [2.45, 2.75) is 12.3 Å². The van der Waals surface area contributed by atoms with E-state index in [1.165, 1.54) is 0 Å². The van der Waals surface area contributed by atoms with Gasteiger partial charge in [-0.3, -0.25) is 0 Å². The zero-order chi connectivity index (χ0) is 12.5. The normalized spacial score (nSPS) is 13.5. The Labute approximate surface area is 87.6 Å². The molecule has 0 aromatic heterocycles. The minimum Gasteiger partial charge on any atom is -0.508 e. The zero-order valence-electron chi connectivity index (χ0n) is 7.69. The molecule has 0 saturated carbocycles. The Morgan fingerprint density at radius 2 is 1.94 bits per heavy atom. The summed E-state index contributed by atoms with van der Waals surface area (Å²) in [5.74, 6) is -2.21. The van der Waals surface area contributed by atoms with Crippen molar-refractivity contribution >= 4 is 5.97 Å². The lowest BCUT2D eigenvalue weighted by Crippen LogP contribution is -2.24. The van der Waals surface area contributed by atoms with Crippen LogP contribution in [0.1, 0.15) is 22.1 Å². The van der Waals surface area contributed by atoms with Gasteiger partial charge in [0.25, 0.3) is 0 Å². The Kier molecular flexibility index (Phi) is 3.09. The first kappa shape index (κ1) is 12.3. The first-order valence-electron chi connectivity index (χ1n) is 4.04. The van der Waals surface area contributed by atoms with E-state index in [0.717, 1.165) is 12.1 Å². The summed E-state index contributed by atoms with van der Waals surface area (Å²) >= 11 is 0. The number of phenols is 1. The summed E-state index contributed by atoms with van der Waals surface area (Å²) < 4.78 is 37.6. The second-order valence-electron chi connectivity index (χ2n) is 3.03. The molecule has 1 aromatic carbocycles. The topological polar surface area (TPSA) is 77.8 Å². The molecule has 1 atom stereocenters. The highest BCUT2D eigenvalue weighted by molar-refractivity contribution is 5.89. The summed E-state index contributed by atoms with van der Waals surface area (Å²) in [6.07, 6.45) is -7.93. The van der Waals surface area contributed by atoms with Gasteiger partial charge < -0.3 is 15.3 Å². The Morgan fingerprint density at radius 3 is 2.38 bits per heavy atom. The Morgan fingerprint density at radius 1 is 1.38 bits per heavy atom. The van der Waals surface area contributed by atoms with Crippen molar-refractivity contribution < 1.29 is 33.3 Å². The molecule has 1 aromatic rings. The van der Waals surface area contributed by atoms with Gasteiger partial charge >= 0.3 is 12.1 Å². The molecule has 0 aliphatic carbocycles. The van der Waals surface area contributed by atoms with Crippen LogP contribution >= 0.6 is 0 Å². The molecule has 0 aliphatic rings. The molecule has 0 bridgehead atoms. The number of carboxylic acid groups (broad SMARTS) is 1. The standard InChI is InChI=1S/C9H7F3O4/c10-7(9(11,12)16)6-3-4(13)1-2-5(6)8(14)15/h1-3,7,13,16H,(H,14,15). The van der Waals surface area contributed by atoms with Crippen LogP contribution in [0.3, 0.4) is 0 Å². The number of aliphatic hydroxyl groups is 1. The number of benzene rings is 1. The average Bonchev–Trinajstić information content (AvgIpc) is 2.14. The van der Waals surface area contributed by atoms with Crippen LogP contribution in [0.15, 0.2) is 18.2 Å². The number of alkyl halides is 3. The molecular formula is C9H7F3O4. The molecule has 0 amide bonds. The Bertz CT molecular complexity index is 414. The molecule has 0 aliphatic heterocycles. The average molecular weight is 236 g/mol. The second-order valence-corrected chi connectivity index (χ2v) is 3.03. The fourth-order valence-corrected chi connectivity index (χ4v) is 1.14. The lowest BCUT2D eigenvalue weighted by Gasteiger charge is -2.16. The monoisotopic (exact) mass is 236 g/mol. The van der Waals surface area contributed by atoms with Gasteiger partial charge in [0.2, 0.25) is 6.17 Å². The molecular weight excluding hydrogens is 229 g/mol. The van der Waals surface area contributed by atoms with Gasteiger partial charge in [-0.2, -0.15) is 8.78 Å². The summed E-state index contributed by atoms with van der Waals surface area (Å²) in [5.41, 5.74) is -1.74.